The minimum atomic E-state index is -0.520. The third kappa shape index (κ3) is 2.70. The highest BCUT2D eigenvalue weighted by Crippen LogP contribution is 2.34. The number of esters is 1. The van der Waals surface area contributed by atoms with Gasteiger partial charge in [-0.05, 0) is 44.0 Å². The Labute approximate surface area is 134 Å². The quantitative estimate of drug-likeness (QED) is 0.706. The summed E-state index contributed by atoms with van der Waals surface area (Å²) in [7, 11) is 1.30. The Morgan fingerprint density at radius 2 is 1.89 bits per heavy atom. The molecule has 0 unspecified atom stereocenters. The normalized spacial score (nSPS) is 10.5. The first-order chi connectivity index (χ1) is 8.95. The molecule has 0 aliphatic carbocycles. The largest absolute Gasteiger partial charge is 0.465 e. The number of carbonyl (C=O) groups excluding carboxylic acids is 1. The summed E-state index contributed by atoms with van der Waals surface area (Å²) in [5.41, 5.74) is 6.86. The summed E-state index contributed by atoms with van der Waals surface area (Å²) in [4.78, 5) is 11.5. The maximum atomic E-state index is 11.5. The van der Waals surface area contributed by atoms with Gasteiger partial charge in [-0.25, -0.2) is 9.48 Å². The number of rotatable bonds is 2. The van der Waals surface area contributed by atoms with Crippen LogP contribution in [-0.2, 0) is 4.74 Å². The Morgan fingerprint density at radius 1 is 1.32 bits per heavy atom. The third-order valence-corrected chi connectivity index (χ3v) is 4.07. The van der Waals surface area contributed by atoms with Gasteiger partial charge in [0.05, 0.1) is 19.0 Å². The summed E-state index contributed by atoms with van der Waals surface area (Å²) in [6.07, 6.45) is 1.38. The molecule has 1 aromatic carbocycles. The molecule has 19 heavy (non-hydrogen) atoms. The van der Waals surface area contributed by atoms with Crippen molar-refractivity contribution in [3.8, 4) is 5.69 Å². The van der Waals surface area contributed by atoms with Gasteiger partial charge in [0, 0.05) is 13.4 Å². The lowest BCUT2D eigenvalue weighted by atomic mass is 10.3. The van der Waals surface area contributed by atoms with Gasteiger partial charge in [0.2, 0.25) is 0 Å². The number of ether oxygens (including phenoxy) is 1. The Bertz CT molecular complexity index is 632. The van der Waals surface area contributed by atoms with Gasteiger partial charge in [-0.15, -0.1) is 0 Å². The Balaban J connectivity index is 2.61. The van der Waals surface area contributed by atoms with E-state index in [0.29, 0.717) is 5.69 Å². The van der Waals surface area contributed by atoms with Crippen molar-refractivity contribution < 1.29 is 9.53 Å². The molecule has 2 aromatic rings. The van der Waals surface area contributed by atoms with E-state index in [-0.39, 0.29) is 11.4 Å². The van der Waals surface area contributed by atoms with Crippen molar-refractivity contribution in [1.82, 2.24) is 9.78 Å². The van der Waals surface area contributed by atoms with Gasteiger partial charge in [-0.2, -0.15) is 5.10 Å². The summed E-state index contributed by atoms with van der Waals surface area (Å²) in [5.74, 6) is -0.302. The van der Waals surface area contributed by atoms with Gasteiger partial charge >= 0.3 is 5.97 Å². The smallest absolute Gasteiger partial charge is 0.343 e. The van der Waals surface area contributed by atoms with Gasteiger partial charge in [0.15, 0.2) is 0 Å². The predicted molar refractivity (Wildman–Crippen MR) is 82.4 cm³/mol. The van der Waals surface area contributed by atoms with Gasteiger partial charge in [0.1, 0.15) is 11.4 Å². The number of aromatic nitrogens is 2. The molecule has 2 N–H and O–H groups in total. The number of nitrogens with two attached hydrogens (primary N) is 1. The highest BCUT2D eigenvalue weighted by atomic mass is 79.9. The molecule has 0 saturated heterocycles. The lowest BCUT2D eigenvalue weighted by molar-refractivity contribution is 0.0602. The van der Waals surface area contributed by atoms with Crippen molar-refractivity contribution in [1.29, 1.82) is 0 Å². The van der Waals surface area contributed by atoms with E-state index in [4.69, 9.17) is 5.73 Å². The fraction of sp³-hybridized carbons (Fsp3) is 0.0909. The molecule has 2 rings (SSSR count). The van der Waals surface area contributed by atoms with E-state index in [1.54, 1.807) is 0 Å². The summed E-state index contributed by atoms with van der Waals surface area (Å²) >= 11 is 10.3. The molecule has 0 saturated carbocycles. The third-order valence-electron chi connectivity index (χ3n) is 2.41. The zero-order chi connectivity index (χ0) is 14.2. The van der Waals surface area contributed by atoms with Gasteiger partial charge < -0.3 is 10.5 Å². The number of hydrogen-bond acceptors (Lipinski definition) is 4. The standard InChI is InChI=1S/C11H8Br3N3O2/c1-19-11(18)6-4-16-17(10(6)15)9-7(13)2-5(12)3-8(9)14/h2-4H,15H2,1H3. The maximum Gasteiger partial charge on any atom is 0.343 e. The van der Waals surface area contributed by atoms with Gasteiger partial charge in [-0.3, -0.25) is 0 Å². The number of hydrogen-bond donors (Lipinski definition) is 1. The van der Waals surface area contributed by atoms with Gasteiger partial charge in [-0.1, -0.05) is 15.9 Å². The summed E-state index contributed by atoms with van der Waals surface area (Å²) in [6, 6.07) is 3.72. The summed E-state index contributed by atoms with van der Waals surface area (Å²) < 4.78 is 8.56. The van der Waals surface area contributed by atoms with Crippen LogP contribution < -0.4 is 5.73 Å². The first-order valence-corrected chi connectivity index (χ1v) is 7.40. The number of halogens is 3. The second-order valence-corrected chi connectivity index (χ2v) is 6.19. The molecule has 0 bridgehead atoms. The van der Waals surface area contributed by atoms with Crippen LogP contribution in [0.15, 0.2) is 31.7 Å². The summed E-state index contributed by atoms with van der Waals surface area (Å²) in [6.45, 7) is 0. The molecule has 0 atom stereocenters. The monoisotopic (exact) mass is 451 g/mol. The Kier molecular flexibility index (Phi) is 4.32. The van der Waals surface area contributed by atoms with E-state index in [1.165, 1.54) is 18.0 Å². The van der Waals surface area contributed by atoms with Crippen LogP contribution in [-0.4, -0.2) is 22.9 Å². The minimum absolute atomic E-state index is 0.218. The SMILES string of the molecule is COC(=O)c1cnn(-c2c(Br)cc(Br)cc2Br)c1N. The van der Waals surface area contributed by atoms with Crippen molar-refractivity contribution in [2.24, 2.45) is 0 Å². The van der Waals surface area contributed by atoms with E-state index in [1.807, 2.05) is 12.1 Å². The second kappa shape index (κ2) is 5.64. The first-order valence-electron chi connectivity index (χ1n) is 5.02. The number of anilines is 1. The van der Waals surface area contributed by atoms with E-state index >= 15 is 0 Å². The average Bonchev–Trinajstić information content (AvgIpc) is 2.69. The summed E-state index contributed by atoms with van der Waals surface area (Å²) in [5, 5.41) is 4.12. The molecule has 0 amide bonds. The lowest BCUT2D eigenvalue weighted by Gasteiger charge is -2.10. The fourth-order valence-corrected chi connectivity index (χ4v) is 4.13. The van der Waals surface area contributed by atoms with Crippen molar-refractivity contribution in [2.45, 2.75) is 0 Å². The van der Waals surface area contributed by atoms with Crippen LogP contribution in [0.1, 0.15) is 10.4 Å². The molecule has 1 aromatic heterocycles. The second-order valence-electron chi connectivity index (χ2n) is 3.56. The van der Waals surface area contributed by atoms with Crippen LogP contribution >= 0.6 is 47.8 Å². The van der Waals surface area contributed by atoms with Crippen molar-refractivity contribution in [2.75, 3.05) is 12.8 Å². The molecular formula is C11H8Br3N3O2. The number of carbonyl (C=O) groups is 1. The molecule has 0 aliphatic heterocycles. The first kappa shape index (κ1) is 14.5. The topological polar surface area (TPSA) is 70.1 Å². The van der Waals surface area contributed by atoms with Crippen LogP contribution in [0.5, 0.6) is 0 Å². The molecule has 100 valence electrons. The molecule has 0 spiro atoms. The predicted octanol–water partition coefficient (Wildman–Crippen LogP) is 3.53. The molecule has 5 nitrogen and oxygen atoms in total. The van der Waals surface area contributed by atoms with Crippen molar-refractivity contribution in [3.63, 3.8) is 0 Å². The van der Waals surface area contributed by atoms with E-state index < -0.39 is 5.97 Å². The van der Waals surface area contributed by atoms with E-state index in [2.05, 4.69) is 57.6 Å². The number of benzene rings is 1. The number of methoxy groups -OCH3 is 1. The molecule has 1 heterocycles. The van der Waals surface area contributed by atoms with Crippen LogP contribution in [0.2, 0.25) is 0 Å². The zero-order valence-electron chi connectivity index (χ0n) is 9.65. The zero-order valence-corrected chi connectivity index (χ0v) is 14.4. The molecular weight excluding hydrogens is 446 g/mol. The van der Waals surface area contributed by atoms with E-state index in [0.717, 1.165) is 13.4 Å². The van der Waals surface area contributed by atoms with Crippen molar-refractivity contribution >= 4 is 59.6 Å². The minimum Gasteiger partial charge on any atom is -0.465 e. The van der Waals surface area contributed by atoms with Gasteiger partial charge in [0.25, 0.3) is 0 Å². The maximum absolute atomic E-state index is 11.5. The van der Waals surface area contributed by atoms with Crippen LogP contribution in [0.3, 0.4) is 0 Å². The Morgan fingerprint density at radius 3 is 2.42 bits per heavy atom. The lowest BCUT2D eigenvalue weighted by Crippen LogP contribution is -2.08. The van der Waals surface area contributed by atoms with Crippen LogP contribution in [0.25, 0.3) is 5.69 Å². The average molecular weight is 454 g/mol. The van der Waals surface area contributed by atoms with Crippen LogP contribution in [0, 0.1) is 0 Å². The Hall–Kier alpha value is -0.860. The molecule has 0 fully saturated rings. The molecule has 0 aliphatic rings. The van der Waals surface area contributed by atoms with Crippen molar-refractivity contribution in [3.05, 3.63) is 37.3 Å². The molecule has 8 heteroatoms. The highest BCUT2D eigenvalue weighted by molar-refractivity contribution is 9.11. The fourth-order valence-electron chi connectivity index (χ4n) is 1.54. The number of nitrogens with zero attached hydrogens (tertiary/aromatic N) is 2. The van der Waals surface area contributed by atoms with E-state index in [9.17, 15) is 4.79 Å². The number of nitrogen functional groups attached to an aromatic ring is 1. The highest BCUT2D eigenvalue weighted by Gasteiger charge is 2.19. The molecule has 0 radical (unpaired) electrons. The van der Waals surface area contributed by atoms with Crippen LogP contribution in [0.4, 0.5) is 5.82 Å².